The van der Waals surface area contributed by atoms with Crippen LogP contribution in [0.15, 0.2) is 59.7 Å². The number of nitrogens with zero attached hydrogens (tertiary/aromatic N) is 2. The molecule has 1 unspecified atom stereocenters. The van der Waals surface area contributed by atoms with Crippen molar-refractivity contribution >= 4 is 5.71 Å². The van der Waals surface area contributed by atoms with Crippen molar-refractivity contribution in [1.29, 1.82) is 0 Å². The third kappa shape index (κ3) is 2.01. The predicted octanol–water partition coefficient (Wildman–Crippen LogP) is 3.47. The Labute approximate surface area is 119 Å². The van der Waals surface area contributed by atoms with Crippen molar-refractivity contribution in [3.8, 4) is 0 Å². The van der Waals surface area contributed by atoms with Gasteiger partial charge in [-0.05, 0) is 24.0 Å². The van der Waals surface area contributed by atoms with Crippen LogP contribution in [-0.4, -0.2) is 17.3 Å². The van der Waals surface area contributed by atoms with Crippen molar-refractivity contribution < 1.29 is 0 Å². The average molecular weight is 262 g/mol. The number of aryl methyl sites for hydroxylation is 1. The van der Waals surface area contributed by atoms with Crippen LogP contribution in [0.25, 0.3) is 0 Å². The highest BCUT2D eigenvalue weighted by molar-refractivity contribution is 6.05. The smallest absolute Gasteiger partial charge is 0.0729 e. The lowest BCUT2D eigenvalue weighted by Gasteiger charge is -2.21. The molecule has 4 rings (SSSR count). The van der Waals surface area contributed by atoms with E-state index in [1.54, 1.807) is 0 Å². The van der Waals surface area contributed by atoms with Crippen molar-refractivity contribution in [2.75, 3.05) is 6.54 Å². The second kappa shape index (κ2) is 4.78. The quantitative estimate of drug-likeness (QED) is 0.809. The molecule has 0 aromatic heterocycles. The Kier molecular flexibility index (Phi) is 2.80. The molecule has 0 amide bonds. The molecule has 0 saturated carbocycles. The van der Waals surface area contributed by atoms with Crippen molar-refractivity contribution in [3.63, 3.8) is 0 Å². The van der Waals surface area contributed by atoms with E-state index in [9.17, 15) is 0 Å². The van der Waals surface area contributed by atoms with Gasteiger partial charge in [0.1, 0.15) is 0 Å². The molecule has 1 aliphatic heterocycles. The van der Waals surface area contributed by atoms with Crippen LogP contribution in [0.2, 0.25) is 0 Å². The zero-order chi connectivity index (χ0) is 13.4. The Balaban J connectivity index is 1.61. The molecule has 0 N–H and O–H groups in total. The Bertz CT molecular complexity index is 645. The highest BCUT2D eigenvalue weighted by Crippen LogP contribution is 2.31. The Hall–Kier alpha value is -2.09. The Morgan fingerprint density at radius 2 is 1.80 bits per heavy atom. The molecule has 100 valence electrons. The maximum absolute atomic E-state index is 4.90. The van der Waals surface area contributed by atoms with Crippen LogP contribution in [0.3, 0.4) is 0 Å². The van der Waals surface area contributed by atoms with E-state index in [0.29, 0.717) is 5.92 Å². The zero-order valence-corrected chi connectivity index (χ0v) is 11.5. The molecular weight excluding hydrogens is 244 g/mol. The molecule has 0 radical (unpaired) electrons. The highest BCUT2D eigenvalue weighted by Gasteiger charge is 2.31. The van der Waals surface area contributed by atoms with Gasteiger partial charge < -0.3 is 0 Å². The minimum Gasteiger partial charge on any atom is -0.292 e. The molecule has 0 spiro atoms. The van der Waals surface area contributed by atoms with Crippen molar-refractivity contribution in [2.24, 2.45) is 11.0 Å². The Morgan fingerprint density at radius 3 is 2.70 bits per heavy atom. The monoisotopic (exact) mass is 262 g/mol. The molecule has 0 saturated heterocycles. The van der Waals surface area contributed by atoms with Gasteiger partial charge in [0, 0.05) is 18.0 Å². The van der Waals surface area contributed by atoms with E-state index in [-0.39, 0.29) is 0 Å². The second-order valence-corrected chi connectivity index (χ2v) is 5.71. The first-order chi connectivity index (χ1) is 9.90. The number of benzene rings is 2. The van der Waals surface area contributed by atoms with Gasteiger partial charge in [0.15, 0.2) is 0 Å². The number of rotatable bonds is 2. The van der Waals surface area contributed by atoms with Crippen LogP contribution in [0.5, 0.6) is 0 Å². The van der Waals surface area contributed by atoms with Gasteiger partial charge in [-0.1, -0.05) is 54.6 Å². The normalized spacial score (nSPS) is 20.3. The standard InChI is InChI=1S/C18H18N2/c1-2-6-14(7-3-1)12-20-13-16-11-10-15-8-4-5-9-17(15)18(16)19-20/h1-9,16H,10-13H2. The lowest BCUT2D eigenvalue weighted by molar-refractivity contribution is 0.283. The fourth-order valence-corrected chi connectivity index (χ4v) is 3.33. The van der Waals surface area contributed by atoms with Crippen molar-refractivity contribution in [1.82, 2.24) is 5.01 Å². The van der Waals surface area contributed by atoms with Crippen LogP contribution < -0.4 is 0 Å². The topological polar surface area (TPSA) is 15.6 Å². The van der Waals surface area contributed by atoms with Gasteiger partial charge in [-0.2, -0.15) is 5.10 Å². The summed E-state index contributed by atoms with van der Waals surface area (Å²) < 4.78 is 0. The minimum atomic E-state index is 0.619. The maximum atomic E-state index is 4.90. The summed E-state index contributed by atoms with van der Waals surface area (Å²) in [6.07, 6.45) is 2.43. The maximum Gasteiger partial charge on any atom is 0.0729 e. The van der Waals surface area contributed by atoms with E-state index in [2.05, 4.69) is 59.6 Å². The summed E-state index contributed by atoms with van der Waals surface area (Å²) in [7, 11) is 0. The lowest BCUT2D eigenvalue weighted by atomic mass is 9.83. The molecule has 1 heterocycles. The molecule has 2 aromatic rings. The minimum absolute atomic E-state index is 0.619. The van der Waals surface area contributed by atoms with Crippen molar-refractivity contribution in [3.05, 3.63) is 71.3 Å². The number of hydrogen-bond acceptors (Lipinski definition) is 2. The summed E-state index contributed by atoms with van der Waals surface area (Å²) in [4.78, 5) is 0. The van der Waals surface area contributed by atoms with Gasteiger partial charge in [0.25, 0.3) is 0 Å². The van der Waals surface area contributed by atoms with E-state index in [4.69, 9.17) is 5.10 Å². The van der Waals surface area contributed by atoms with Crippen LogP contribution in [0.4, 0.5) is 0 Å². The van der Waals surface area contributed by atoms with Crippen LogP contribution in [0.1, 0.15) is 23.1 Å². The van der Waals surface area contributed by atoms with Gasteiger partial charge in [0.2, 0.25) is 0 Å². The van der Waals surface area contributed by atoms with Gasteiger partial charge in [-0.15, -0.1) is 0 Å². The molecule has 20 heavy (non-hydrogen) atoms. The first-order valence-electron chi connectivity index (χ1n) is 7.36. The van der Waals surface area contributed by atoms with Gasteiger partial charge in [-0.25, -0.2) is 0 Å². The summed E-state index contributed by atoms with van der Waals surface area (Å²) in [5.41, 5.74) is 5.48. The van der Waals surface area contributed by atoms with E-state index in [0.717, 1.165) is 13.1 Å². The summed E-state index contributed by atoms with van der Waals surface area (Å²) in [6, 6.07) is 19.4. The molecule has 2 aromatic carbocycles. The Morgan fingerprint density at radius 1 is 1.00 bits per heavy atom. The van der Waals surface area contributed by atoms with Crippen LogP contribution >= 0.6 is 0 Å². The van der Waals surface area contributed by atoms with Gasteiger partial charge in [0.05, 0.1) is 12.3 Å². The van der Waals surface area contributed by atoms with Crippen LogP contribution in [-0.2, 0) is 13.0 Å². The molecule has 2 aliphatic rings. The molecule has 1 aliphatic carbocycles. The van der Waals surface area contributed by atoms with E-state index in [1.165, 1.54) is 35.2 Å². The first-order valence-corrected chi connectivity index (χ1v) is 7.36. The number of fused-ring (bicyclic) bond motifs is 3. The third-order valence-corrected chi connectivity index (χ3v) is 4.33. The number of hydrogen-bond donors (Lipinski definition) is 0. The van der Waals surface area contributed by atoms with E-state index < -0.39 is 0 Å². The summed E-state index contributed by atoms with van der Waals surface area (Å²) in [6.45, 7) is 1.99. The van der Waals surface area contributed by atoms with Gasteiger partial charge >= 0.3 is 0 Å². The SMILES string of the molecule is c1ccc(CN2CC3CCc4ccccc4C3=N2)cc1. The third-order valence-electron chi connectivity index (χ3n) is 4.33. The zero-order valence-electron chi connectivity index (χ0n) is 11.5. The van der Waals surface area contributed by atoms with E-state index >= 15 is 0 Å². The highest BCUT2D eigenvalue weighted by atomic mass is 15.5. The molecule has 0 fully saturated rings. The largest absolute Gasteiger partial charge is 0.292 e. The summed E-state index contributed by atoms with van der Waals surface area (Å²) in [5.74, 6) is 0.619. The average Bonchev–Trinajstić information content (AvgIpc) is 2.91. The number of hydrazone groups is 1. The lowest BCUT2D eigenvalue weighted by Crippen LogP contribution is -2.24. The van der Waals surface area contributed by atoms with Crippen molar-refractivity contribution in [2.45, 2.75) is 19.4 Å². The molecule has 0 bridgehead atoms. The first kappa shape index (κ1) is 11.7. The molecular formula is C18H18N2. The predicted molar refractivity (Wildman–Crippen MR) is 81.6 cm³/mol. The summed E-state index contributed by atoms with van der Waals surface area (Å²) in [5, 5.41) is 7.13. The molecule has 2 heteroatoms. The molecule has 1 atom stereocenters. The van der Waals surface area contributed by atoms with Gasteiger partial charge in [-0.3, -0.25) is 5.01 Å². The molecule has 2 nitrogen and oxygen atoms in total. The second-order valence-electron chi connectivity index (χ2n) is 5.71. The fourth-order valence-electron chi connectivity index (χ4n) is 3.33. The summed E-state index contributed by atoms with van der Waals surface area (Å²) >= 11 is 0. The fraction of sp³-hybridized carbons (Fsp3) is 0.278. The van der Waals surface area contributed by atoms with E-state index in [1.807, 2.05) is 0 Å². The van der Waals surface area contributed by atoms with Crippen LogP contribution in [0, 0.1) is 5.92 Å².